The average Bonchev–Trinajstić information content (AvgIpc) is 2.95. The number of rotatable bonds is 5. The van der Waals surface area contributed by atoms with Gasteiger partial charge in [0.15, 0.2) is 0 Å². The van der Waals surface area contributed by atoms with Crippen LogP contribution in [0.5, 0.6) is 0 Å². The van der Waals surface area contributed by atoms with Crippen molar-refractivity contribution in [2.45, 2.75) is 25.3 Å². The van der Waals surface area contributed by atoms with Gasteiger partial charge in [0.05, 0.1) is 0 Å². The van der Waals surface area contributed by atoms with Crippen LogP contribution in [-0.2, 0) is 16.0 Å². The van der Waals surface area contributed by atoms with Gasteiger partial charge < -0.3 is 10.2 Å². The zero-order chi connectivity index (χ0) is 16.9. The molecular weight excluding hydrogens is 307 g/mol. The molecule has 3 rings (SSSR count). The Morgan fingerprint density at radius 3 is 2.54 bits per heavy atom. The van der Waals surface area contributed by atoms with Gasteiger partial charge in [0.2, 0.25) is 11.8 Å². The van der Waals surface area contributed by atoms with E-state index in [1.165, 1.54) is 12.1 Å². The molecule has 0 aliphatic carbocycles. The van der Waals surface area contributed by atoms with Gasteiger partial charge in [-0.05, 0) is 42.7 Å². The van der Waals surface area contributed by atoms with E-state index in [9.17, 15) is 14.0 Å². The van der Waals surface area contributed by atoms with Crippen molar-refractivity contribution in [3.63, 3.8) is 0 Å². The second kappa shape index (κ2) is 7.25. The van der Waals surface area contributed by atoms with Crippen LogP contribution in [0.1, 0.15) is 18.4 Å². The molecule has 1 aliphatic heterocycles. The molecule has 4 nitrogen and oxygen atoms in total. The molecule has 1 N–H and O–H groups in total. The van der Waals surface area contributed by atoms with Gasteiger partial charge in [0.25, 0.3) is 0 Å². The van der Waals surface area contributed by atoms with Crippen LogP contribution in [0.15, 0.2) is 54.6 Å². The van der Waals surface area contributed by atoms with Gasteiger partial charge in [0, 0.05) is 18.7 Å². The maximum Gasteiger partial charge on any atom is 0.249 e. The quantitative estimate of drug-likeness (QED) is 0.918. The molecule has 124 valence electrons. The van der Waals surface area contributed by atoms with Crippen molar-refractivity contribution < 1.29 is 14.0 Å². The van der Waals surface area contributed by atoms with Gasteiger partial charge in [0.1, 0.15) is 11.9 Å². The number of halogens is 1. The Hall–Kier alpha value is -2.69. The highest BCUT2D eigenvalue weighted by Gasteiger charge is 2.33. The summed E-state index contributed by atoms with van der Waals surface area (Å²) in [5, 5.41) is 2.81. The largest absolute Gasteiger partial charge is 0.344 e. The lowest BCUT2D eigenvalue weighted by molar-refractivity contribution is -0.126. The highest BCUT2D eigenvalue weighted by Crippen LogP contribution is 2.22. The topological polar surface area (TPSA) is 49.4 Å². The number of amides is 2. The van der Waals surface area contributed by atoms with Crippen molar-refractivity contribution in [3.8, 4) is 0 Å². The second-order valence-electron chi connectivity index (χ2n) is 5.86. The number of nitrogens with zero attached hydrogens (tertiary/aromatic N) is 1. The molecule has 2 amide bonds. The smallest absolute Gasteiger partial charge is 0.249 e. The van der Waals surface area contributed by atoms with Crippen LogP contribution in [-0.4, -0.2) is 24.4 Å². The SMILES string of the molecule is O=C(CCc1ccccc1)N[C@H]1CCN(c2ccc(F)cc2)C1=O. The molecule has 1 heterocycles. The number of carbonyl (C=O) groups excluding carboxylic acids is 2. The molecular formula is C19H19FN2O2. The number of hydrogen-bond acceptors (Lipinski definition) is 2. The van der Waals surface area contributed by atoms with Crippen molar-refractivity contribution in [2.24, 2.45) is 0 Å². The Morgan fingerprint density at radius 1 is 1.12 bits per heavy atom. The Morgan fingerprint density at radius 2 is 1.83 bits per heavy atom. The normalized spacial score (nSPS) is 17.1. The fourth-order valence-electron chi connectivity index (χ4n) is 2.86. The predicted octanol–water partition coefficient (Wildman–Crippen LogP) is 2.68. The number of nitrogens with one attached hydrogen (secondary N) is 1. The molecule has 1 aliphatic rings. The van der Waals surface area contributed by atoms with E-state index in [-0.39, 0.29) is 17.6 Å². The minimum atomic E-state index is -0.502. The van der Waals surface area contributed by atoms with E-state index in [0.717, 1.165) is 5.56 Å². The van der Waals surface area contributed by atoms with Crippen molar-refractivity contribution in [2.75, 3.05) is 11.4 Å². The van der Waals surface area contributed by atoms with Gasteiger partial charge in [-0.25, -0.2) is 4.39 Å². The Kier molecular flexibility index (Phi) is 4.89. The number of carbonyl (C=O) groups is 2. The Balaban J connectivity index is 1.53. The van der Waals surface area contributed by atoms with Gasteiger partial charge in [-0.1, -0.05) is 30.3 Å². The van der Waals surface area contributed by atoms with Crippen molar-refractivity contribution in [3.05, 3.63) is 66.0 Å². The molecule has 0 saturated carbocycles. The fourth-order valence-corrected chi connectivity index (χ4v) is 2.86. The first-order valence-corrected chi connectivity index (χ1v) is 8.04. The molecule has 0 bridgehead atoms. The summed E-state index contributed by atoms with van der Waals surface area (Å²) >= 11 is 0. The summed E-state index contributed by atoms with van der Waals surface area (Å²) < 4.78 is 13.0. The third-order valence-electron chi connectivity index (χ3n) is 4.16. The highest BCUT2D eigenvalue weighted by molar-refractivity contribution is 6.01. The monoisotopic (exact) mass is 326 g/mol. The van der Waals surface area contributed by atoms with Gasteiger partial charge in [-0.3, -0.25) is 9.59 Å². The van der Waals surface area contributed by atoms with Crippen LogP contribution in [0, 0.1) is 5.82 Å². The molecule has 0 unspecified atom stereocenters. The maximum absolute atomic E-state index is 13.0. The molecule has 1 atom stereocenters. The third kappa shape index (κ3) is 3.79. The zero-order valence-electron chi connectivity index (χ0n) is 13.2. The summed E-state index contributed by atoms with van der Waals surface area (Å²) in [6.07, 6.45) is 1.56. The van der Waals surface area contributed by atoms with Crippen LogP contribution in [0.3, 0.4) is 0 Å². The van der Waals surface area contributed by atoms with E-state index in [1.54, 1.807) is 17.0 Å². The summed E-state index contributed by atoms with van der Waals surface area (Å²) in [6.45, 7) is 0.522. The minimum Gasteiger partial charge on any atom is -0.344 e. The predicted molar refractivity (Wildman–Crippen MR) is 90.1 cm³/mol. The van der Waals surface area contributed by atoms with Crippen LogP contribution in [0.4, 0.5) is 10.1 Å². The molecule has 0 aromatic heterocycles. The van der Waals surface area contributed by atoms with E-state index in [2.05, 4.69) is 5.32 Å². The van der Waals surface area contributed by atoms with Crippen LogP contribution in [0.2, 0.25) is 0 Å². The maximum atomic E-state index is 13.0. The van der Waals surface area contributed by atoms with E-state index >= 15 is 0 Å². The van der Waals surface area contributed by atoms with Gasteiger partial charge in [-0.2, -0.15) is 0 Å². The second-order valence-corrected chi connectivity index (χ2v) is 5.86. The molecule has 0 radical (unpaired) electrons. The highest BCUT2D eigenvalue weighted by atomic mass is 19.1. The van der Waals surface area contributed by atoms with E-state index in [1.807, 2.05) is 30.3 Å². The third-order valence-corrected chi connectivity index (χ3v) is 4.16. The fraction of sp³-hybridized carbons (Fsp3) is 0.263. The van der Waals surface area contributed by atoms with Crippen molar-refractivity contribution in [1.82, 2.24) is 5.32 Å². The average molecular weight is 326 g/mol. The summed E-state index contributed by atoms with van der Waals surface area (Å²) in [4.78, 5) is 26.1. The van der Waals surface area contributed by atoms with E-state index in [4.69, 9.17) is 0 Å². The standard InChI is InChI=1S/C19H19FN2O2/c20-15-7-9-16(10-8-15)22-13-12-17(19(22)24)21-18(23)11-6-14-4-2-1-3-5-14/h1-5,7-10,17H,6,11-13H2,(H,21,23)/t17-/m0/s1. The lowest BCUT2D eigenvalue weighted by Gasteiger charge is -2.17. The van der Waals surface area contributed by atoms with Gasteiger partial charge in [-0.15, -0.1) is 0 Å². The van der Waals surface area contributed by atoms with Gasteiger partial charge >= 0.3 is 0 Å². The number of benzene rings is 2. The molecule has 0 spiro atoms. The number of anilines is 1. The number of aryl methyl sites for hydroxylation is 1. The van der Waals surface area contributed by atoms with Crippen LogP contribution >= 0.6 is 0 Å². The first-order chi connectivity index (χ1) is 11.6. The summed E-state index contributed by atoms with van der Waals surface area (Å²) in [7, 11) is 0. The molecule has 24 heavy (non-hydrogen) atoms. The van der Waals surface area contributed by atoms with Crippen LogP contribution in [0.25, 0.3) is 0 Å². The lowest BCUT2D eigenvalue weighted by atomic mass is 10.1. The van der Waals surface area contributed by atoms with E-state index < -0.39 is 6.04 Å². The Labute approximate surface area is 140 Å². The molecule has 1 saturated heterocycles. The molecule has 1 fully saturated rings. The van der Waals surface area contributed by atoms with Crippen molar-refractivity contribution >= 4 is 17.5 Å². The first-order valence-electron chi connectivity index (χ1n) is 8.04. The first kappa shape index (κ1) is 16.2. The minimum absolute atomic E-state index is 0.127. The van der Waals surface area contributed by atoms with Crippen molar-refractivity contribution in [1.29, 1.82) is 0 Å². The molecule has 2 aromatic carbocycles. The number of hydrogen-bond donors (Lipinski definition) is 1. The Bertz CT molecular complexity index is 716. The lowest BCUT2D eigenvalue weighted by Crippen LogP contribution is -2.41. The van der Waals surface area contributed by atoms with E-state index in [0.29, 0.717) is 31.5 Å². The zero-order valence-corrected chi connectivity index (χ0v) is 13.2. The summed E-state index contributed by atoms with van der Waals surface area (Å²) in [6, 6.07) is 15.1. The molecule has 2 aromatic rings. The van der Waals surface area contributed by atoms with Crippen LogP contribution < -0.4 is 10.2 Å². The summed E-state index contributed by atoms with van der Waals surface area (Å²) in [5.74, 6) is -0.607. The summed E-state index contributed by atoms with van der Waals surface area (Å²) in [5.41, 5.74) is 1.75. The molecule has 5 heteroatoms.